The fourth-order valence-electron chi connectivity index (χ4n) is 1.77. The summed E-state index contributed by atoms with van der Waals surface area (Å²) in [6.45, 7) is 1.65. The van der Waals surface area contributed by atoms with Crippen LogP contribution in [0.15, 0.2) is 59.8 Å². The fourth-order valence-corrected chi connectivity index (χ4v) is 2.55. The molecule has 0 amide bonds. The number of rotatable bonds is 8. The smallest absolute Gasteiger partial charge is 0.0560 e. The van der Waals surface area contributed by atoms with Gasteiger partial charge in [0.2, 0.25) is 0 Å². The Morgan fingerprint density at radius 1 is 0.947 bits per heavy atom. The second-order valence-electron chi connectivity index (χ2n) is 4.23. The zero-order chi connectivity index (χ0) is 13.2. The van der Waals surface area contributed by atoms with Crippen LogP contribution in [0.3, 0.4) is 0 Å². The standard InChI is InChI=1S/C16H19NOS/c1-2-6-16(7-3-1)19-14-13-18-12-4-5-15-8-10-17-11-9-15/h1-3,6-11H,4-5,12-14H2. The quantitative estimate of drug-likeness (QED) is 0.539. The van der Waals surface area contributed by atoms with Gasteiger partial charge < -0.3 is 4.74 Å². The van der Waals surface area contributed by atoms with Crippen LogP contribution in [-0.2, 0) is 11.2 Å². The van der Waals surface area contributed by atoms with Gasteiger partial charge in [-0.15, -0.1) is 11.8 Å². The lowest BCUT2D eigenvalue weighted by Crippen LogP contribution is -2.00. The molecular formula is C16H19NOS. The molecule has 2 rings (SSSR count). The maximum Gasteiger partial charge on any atom is 0.0560 e. The van der Waals surface area contributed by atoms with E-state index in [4.69, 9.17) is 4.74 Å². The second kappa shape index (κ2) is 8.73. The lowest BCUT2D eigenvalue weighted by Gasteiger charge is -2.04. The van der Waals surface area contributed by atoms with Crippen LogP contribution in [0.25, 0.3) is 0 Å². The van der Waals surface area contributed by atoms with Gasteiger partial charge in [0.1, 0.15) is 0 Å². The van der Waals surface area contributed by atoms with Gasteiger partial charge in [0.25, 0.3) is 0 Å². The minimum absolute atomic E-state index is 0.815. The Bertz CT molecular complexity index is 403. The average molecular weight is 273 g/mol. The summed E-state index contributed by atoms with van der Waals surface area (Å²) in [5, 5.41) is 0. The highest BCUT2D eigenvalue weighted by Crippen LogP contribution is 2.16. The van der Waals surface area contributed by atoms with Crippen molar-refractivity contribution in [3.63, 3.8) is 0 Å². The van der Waals surface area contributed by atoms with Crippen LogP contribution < -0.4 is 0 Å². The van der Waals surface area contributed by atoms with Gasteiger partial charge in [-0.05, 0) is 42.7 Å². The molecule has 1 aromatic carbocycles. The van der Waals surface area contributed by atoms with E-state index in [0.717, 1.165) is 31.8 Å². The number of hydrogen-bond acceptors (Lipinski definition) is 3. The molecule has 0 atom stereocenters. The third-order valence-electron chi connectivity index (χ3n) is 2.74. The number of aromatic nitrogens is 1. The number of ether oxygens (including phenoxy) is 1. The number of benzene rings is 1. The van der Waals surface area contributed by atoms with E-state index in [1.165, 1.54) is 10.5 Å². The van der Waals surface area contributed by atoms with Crippen molar-refractivity contribution < 1.29 is 4.74 Å². The summed E-state index contributed by atoms with van der Waals surface area (Å²) in [7, 11) is 0. The van der Waals surface area contributed by atoms with Crippen LogP contribution in [0.2, 0.25) is 0 Å². The van der Waals surface area contributed by atoms with Crippen molar-refractivity contribution in [3.05, 3.63) is 60.4 Å². The zero-order valence-electron chi connectivity index (χ0n) is 11.0. The minimum atomic E-state index is 0.815. The van der Waals surface area contributed by atoms with Gasteiger partial charge >= 0.3 is 0 Å². The number of hydrogen-bond donors (Lipinski definition) is 0. The van der Waals surface area contributed by atoms with Crippen LogP contribution >= 0.6 is 11.8 Å². The molecule has 0 saturated carbocycles. The Kier molecular flexibility index (Phi) is 6.47. The van der Waals surface area contributed by atoms with Gasteiger partial charge in [0.15, 0.2) is 0 Å². The van der Waals surface area contributed by atoms with Crippen LogP contribution in [0.4, 0.5) is 0 Å². The summed E-state index contributed by atoms with van der Waals surface area (Å²) < 4.78 is 5.64. The summed E-state index contributed by atoms with van der Waals surface area (Å²) in [5.74, 6) is 1.01. The van der Waals surface area contributed by atoms with Gasteiger partial charge in [0, 0.05) is 29.6 Å². The monoisotopic (exact) mass is 273 g/mol. The van der Waals surface area contributed by atoms with E-state index < -0.39 is 0 Å². The van der Waals surface area contributed by atoms with Crippen molar-refractivity contribution in [1.82, 2.24) is 4.98 Å². The predicted octanol–water partition coefficient (Wildman–Crippen LogP) is 3.82. The predicted molar refractivity (Wildman–Crippen MR) is 80.5 cm³/mol. The van der Waals surface area contributed by atoms with Gasteiger partial charge in [-0.1, -0.05) is 18.2 Å². The van der Waals surface area contributed by atoms with Crippen molar-refractivity contribution in [3.8, 4) is 0 Å². The fraction of sp³-hybridized carbons (Fsp3) is 0.312. The van der Waals surface area contributed by atoms with Crippen molar-refractivity contribution >= 4 is 11.8 Å². The summed E-state index contributed by atoms with van der Waals surface area (Å²) in [4.78, 5) is 5.32. The molecule has 19 heavy (non-hydrogen) atoms. The highest BCUT2D eigenvalue weighted by Gasteiger charge is 1.95. The number of thioether (sulfide) groups is 1. The van der Waals surface area contributed by atoms with E-state index >= 15 is 0 Å². The summed E-state index contributed by atoms with van der Waals surface area (Å²) in [5.41, 5.74) is 1.33. The first-order valence-electron chi connectivity index (χ1n) is 6.59. The molecule has 1 aromatic heterocycles. The van der Waals surface area contributed by atoms with E-state index in [2.05, 4.69) is 41.4 Å². The van der Waals surface area contributed by atoms with E-state index in [9.17, 15) is 0 Å². The molecule has 0 N–H and O–H groups in total. The van der Waals surface area contributed by atoms with Crippen LogP contribution in [0.5, 0.6) is 0 Å². The molecular weight excluding hydrogens is 254 g/mol. The molecule has 3 heteroatoms. The molecule has 0 aliphatic carbocycles. The maximum atomic E-state index is 5.64. The summed E-state index contributed by atoms with van der Waals surface area (Å²) >= 11 is 1.84. The Hall–Kier alpha value is -1.32. The maximum absolute atomic E-state index is 5.64. The summed E-state index contributed by atoms with van der Waals surface area (Å²) in [6, 6.07) is 14.6. The highest BCUT2D eigenvalue weighted by molar-refractivity contribution is 7.99. The Morgan fingerprint density at radius 3 is 2.53 bits per heavy atom. The highest BCUT2D eigenvalue weighted by atomic mass is 32.2. The average Bonchev–Trinajstić information content (AvgIpc) is 2.48. The van der Waals surface area contributed by atoms with E-state index in [-0.39, 0.29) is 0 Å². The van der Waals surface area contributed by atoms with E-state index in [1.54, 1.807) is 0 Å². The van der Waals surface area contributed by atoms with Crippen molar-refractivity contribution in [2.24, 2.45) is 0 Å². The molecule has 100 valence electrons. The molecule has 2 aromatic rings. The van der Waals surface area contributed by atoms with Gasteiger partial charge in [-0.2, -0.15) is 0 Å². The normalized spacial score (nSPS) is 10.5. The van der Waals surface area contributed by atoms with Crippen LogP contribution in [-0.4, -0.2) is 24.0 Å². The largest absolute Gasteiger partial charge is 0.381 e. The molecule has 0 saturated heterocycles. The van der Waals surface area contributed by atoms with Gasteiger partial charge in [-0.25, -0.2) is 0 Å². The Balaban J connectivity index is 1.49. The first kappa shape index (κ1) is 14.1. The Labute approximate surface area is 119 Å². The van der Waals surface area contributed by atoms with Crippen molar-refractivity contribution in [2.75, 3.05) is 19.0 Å². The molecule has 1 heterocycles. The molecule has 0 spiro atoms. The molecule has 0 aliphatic heterocycles. The zero-order valence-corrected chi connectivity index (χ0v) is 11.8. The lowest BCUT2D eigenvalue weighted by atomic mass is 10.1. The second-order valence-corrected chi connectivity index (χ2v) is 5.40. The first-order chi connectivity index (χ1) is 9.45. The van der Waals surface area contributed by atoms with Gasteiger partial charge in [0.05, 0.1) is 6.61 Å². The number of pyridine rings is 1. The topological polar surface area (TPSA) is 22.1 Å². The molecule has 0 unspecified atom stereocenters. The molecule has 0 radical (unpaired) electrons. The van der Waals surface area contributed by atoms with E-state index in [0.29, 0.717) is 0 Å². The third-order valence-corrected chi connectivity index (χ3v) is 3.72. The minimum Gasteiger partial charge on any atom is -0.381 e. The molecule has 0 bridgehead atoms. The lowest BCUT2D eigenvalue weighted by molar-refractivity contribution is 0.147. The van der Waals surface area contributed by atoms with E-state index in [1.807, 2.05) is 30.2 Å². The van der Waals surface area contributed by atoms with Crippen molar-refractivity contribution in [2.45, 2.75) is 17.7 Å². The molecule has 0 aliphatic rings. The molecule has 2 nitrogen and oxygen atoms in total. The third kappa shape index (κ3) is 5.90. The van der Waals surface area contributed by atoms with Crippen molar-refractivity contribution in [1.29, 1.82) is 0 Å². The number of nitrogens with zero attached hydrogens (tertiary/aromatic N) is 1. The number of aryl methyl sites for hydroxylation is 1. The Morgan fingerprint density at radius 2 is 1.74 bits per heavy atom. The molecule has 0 fully saturated rings. The SMILES string of the molecule is c1ccc(SCCOCCCc2ccncc2)cc1. The summed E-state index contributed by atoms with van der Waals surface area (Å²) in [6.07, 6.45) is 5.81. The van der Waals surface area contributed by atoms with Gasteiger partial charge in [-0.3, -0.25) is 4.98 Å². The van der Waals surface area contributed by atoms with Crippen LogP contribution in [0.1, 0.15) is 12.0 Å². The first-order valence-corrected chi connectivity index (χ1v) is 7.58. The van der Waals surface area contributed by atoms with Crippen LogP contribution in [0, 0.1) is 0 Å².